The Bertz CT molecular complexity index is 664. The molecule has 0 bridgehead atoms. The summed E-state index contributed by atoms with van der Waals surface area (Å²) in [5, 5.41) is -0.937. The largest absolute Gasteiger partial charge is 0.496 e. The molecular formula is C13H13ClF5NO3P+. The molecule has 1 unspecified atom stereocenters. The molecule has 0 N–H and O–H groups in total. The van der Waals surface area contributed by atoms with E-state index in [1.54, 1.807) is 13.8 Å². The van der Waals surface area contributed by atoms with Crippen LogP contribution in [0.1, 0.15) is 44.1 Å². The van der Waals surface area contributed by atoms with E-state index in [-0.39, 0.29) is 12.3 Å². The van der Waals surface area contributed by atoms with Crippen LogP contribution in [0.4, 0.5) is 22.0 Å². The van der Waals surface area contributed by atoms with Gasteiger partial charge in [-0.25, -0.2) is 13.8 Å². The van der Waals surface area contributed by atoms with Crippen molar-refractivity contribution in [1.29, 1.82) is 0 Å². The summed E-state index contributed by atoms with van der Waals surface area (Å²) in [6.07, 6.45) is -8.80. The minimum Gasteiger partial charge on any atom is -0.424 e. The Morgan fingerprint density at radius 2 is 1.88 bits per heavy atom. The van der Waals surface area contributed by atoms with E-state index in [9.17, 15) is 31.3 Å². The Hall–Kier alpha value is -1.34. The molecule has 11 heteroatoms. The van der Waals surface area contributed by atoms with E-state index in [4.69, 9.17) is 11.2 Å². The Morgan fingerprint density at radius 1 is 1.33 bits per heavy atom. The Kier molecular flexibility index (Phi) is 6.64. The number of ether oxygens (including phenoxy) is 1. The summed E-state index contributed by atoms with van der Waals surface area (Å²) in [5.41, 5.74) is -3.56. The maximum absolute atomic E-state index is 13.2. The molecule has 4 nitrogen and oxygen atoms in total. The molecule has 0 spiro atoms. The van der Waals surface area contributed by atoms with Crippen molar-refractivity contribution in [3.05, 3.63) is 17.0 Å². The van der Waals surface area contributed by atoms with Crippen molar-refractivity contribution >= 4 is 29.7 Å². The number of hydrogen-bond acceptors (Lipinski definition) is 4. The van der Waals surface area contributed by atoms with Crippen LogP contribution >= 0.6 is 18.4 Å². The van der Waals surface area contributed by atoms with E-state index in [1.807, 2.05) is 0 Å². The first-order valence-electron chi connectivity index (χ1n) is 6.59. The van der Waals surface area contributed by atoms with Gasteiger partial charge in [0.05, 0.1) is 5.56 Å². The van der Waals surface area contributed by atoms with Gasteiger partial charge in [-0.3, -0.25) is 4.79 Å². The fraction of sp³-hybridized carbons (Fsp3) is 0.538. The van der Waals surface area contributed by atoms with E-state index in [0.29, 0.717) is 0 Å². The third-order valence-corrected chi connectivity index (χ3v) is 4.10. The molecule has 0 amide bonds. The molecule has 1 aromatic rings. The first-order valence-corrected chi connectivity index (χ1v) is 8.76. The number of alkyl halides is 5. The highest BCUT2D eigenvalue weighted by atomic mass is 35.7. The summed E-state index contributed by atoms with van der Waals surface area (Å²) in [6, 6.07) is 0. The maximum Gasteiger partial charge on any atom is 0.496 e. The average molecular weight is 393 g/mol. The lowest BCUT2D eigenvalue weighted by atomic mass is 10.0. The second kappa shape index (κ2) is 7.70. The summed E-state index contributed by atoms with van der Waals surface area (Å²) in [6.45, 7) is 4.09. The summed E-state index contributed by atoms with van der Waals surface area (Å²) < 4.78 is 82.2. The van der Waals surface area contributed by atoms with Gasteiger partial charge in [-0.15, -0.1) is 0 Å². The lowest BCUT2D eigenvalue weighted by Crippen LogP contribution is -2.26. The maximum atomic E-state index is 13.2. The van der Waals surface area contributed by atoms with Crippen molar-refractivity contribution in [2.45, 2.75) is 39.8 Å². The van der Waals surface area contributed by atoms with Crippen LogP contribution in [0.2, 0.25) is 0 Å². The standard InChI is InChI=1S/C13H13ClF5NO3P/c1-5(2)4-7-9(23-6(3)21)8(12(15)16)20-11(13(17,18)19)10(7)24(14)22/h5,12H,4H2,1-3H3/q+1. The van der Waals surface area contributed by atoms with Crippen LogP contribution < -0.4 is 10.0 Å². The Balaban J connectivity index is 3.94. The molecule has 0 aliphatic carbocycles. The molecule has 0 aromatic carbocycles. The molecule has 1 aromatic heterocycles. The van der Waals surface area contributed by atoms with E-state index in [2.05, 4.69) is 9.72 Å². The summed E-state index contributed by atoms with van der Waals surface area (Å²) in [4.78, 5) is 14.0. The molecule has 1 rings (SSSR count). The van der Waals surface area contributed by atoms with Gasteiger partial charge < -0.3 is 4.74 Å². The van der Waals surface area contributed by atoms with Crippen LogP contribution in [-0.2, 0) is 22.0 Å². The fourth-order valence-electron chi connectivity index (χ4n) is 2.02. The van der Waals surface area contributed by atoms with Gasteiger partial charge in [0.25, 0.3) is 6.43 Å². The zero-order valence-corrected chi connectivity index (χ0v) is 14.4. The molecule has 134 valence electrons. The van der Waals surface area contributed by atoms with Gasteiger partial charge in [0.15, 0.2) is 11.4 Å². The third kappa shape index (κ3) is 4.83. The van der Waals surface area contributed by atoms with Crippen LogP contribution in [0.25, 0.3) is 0 Å². The molecule has 0 saturated heterocycles. The summed E-state index contributed by atoms with van der Waals surface area (Å²) in [5.74, 6) is -2.17. The van der Waals surface area contributed by atoms with E-state index < -0.39 is 53.7 Å². The minimum atomic E-state index is -5.15. The van der Waals surface area contributed by atoms with Gasteiger partial charge in [-0.05, 0) is 16.9 Å². The summed E-state index contributed by atoms with van der Waals surface area (Å²) in [7, 11) is -3.10. The molecule has 0 aliphatic rings. The van der Waals surface area contributed by atoms with Gasteiger partial charge in [0.2, 0.25) is 22.2 Å². The second-order valence-electron chi connectivity index (χ2n) is 5.24. The Labute approximate surface area is 139 Å². The number of pyridine rings is 1. The number of aromatic nitrogens is 1. The van der Waals surface area contributed by atoms with Crippen molar-refractivity contribution < 1.29 is 36.0 Å². The first kappa shape index (κ1) is 20.7. The third-order valence-electron chi connectivity index (χ3n) is 2.76. The van der Waals surface area contributed by atoms with Crippen LogP contribution in [0.5, 0.6) is 5.75 Å². The van der Waals surface area contributed by atoms with Crippen LogP contribution in [-0.4, -0.2) is 11.0 Å². The molecule has 0 radical (unpaired) electrons. The molecule has 1 atom stereocenters. The number of hydrogen-bond donors (Lipinski definition) is 0. The van der Waals surface area contributed by atoms with E-state index in [1.165, 1.54) is 0 Å². The molecule has 0 fully saturated rings. The van der Waals surface area contributed by atoms with Crippen molar-refractivity contribution in [2.75, 3.05) is 0 Å². The number of rotatable bonds is 5. The van der Waals surface area contributed by atoms with Gasteiger partial charge in [0, 0.05) is 6.92 Å². The zero-order valence-electron chi connectivity index (χ0n) is 12.7. The number of esters is 1. The van der Waals surface area contributed by atoms with E-state index >= 15 is 0 Å². The Morgan fingerprint density at radius 3 is 2.21 bits per heavy atom. The first-order chi connectivity index (χ1) is 10.9. The lowest BCUT2D eigenvalue weighted by Gasteiger charge is -2.17. The predicted octanol–water partition coefficient (Wildman–Crippen LogP) is 4.77. The molecule has 24 heavy (non-hydrogen) atoms. The van der Waals surface area contributed by atoms with E-state index in [0.717, 1.165) is 6.92 Å². The smallest absolute Gasteiger partial charge is 0.424 e. The molecule has 1 heterocycles. The second-order valence-corrected chi connectivity index (χ2v) is 7.09. The predicted molar refractivity (Wildman–Crippen MR) is 77.1 cm³/mol. The number of nitrogens with zero attached hydrogens (tertiary/aromatic N) is 1. The van der Waals surface area contributed by atoms with Crippen molar-refractivity contribution in [2.24, 2.45) is 5.92 Å². The molecule has 0 aliphatic heterocycles. The molecular weight excluding hydrogens is 380 g/mol. The average Bonchev–Trinajstić information content (AvgIpc) is 2.36. The fourth-order valence-corrected chi connectivity index (χ4v) is 3.31. The normalized spacial score (nSPS) is 12.7. The van der Waals surface area contributed by atoms with Crippen LogP contribution in [0.3, 0.4) is 0 Å². The lowest BCUT2D eigenvalue weighted by molar-refractivity contribution is -0.140. The number of carbonyl (C=O) groups excluding carboxylic acids is 1. The highest BCUT2D eigenvalue weighted by Crippen LogP contribution is 2.42. The van der Waals surface area contributed by atoms with Crippen molar-refractivity contribution in [3.8, 4) is 5.75 Å². The molecule has 0 saturated carbocycles. The summed E-state index contributed by atoms with van der Waals surface area (Å²) >= 11 is 5.38. The topological polar surface area (TPSA) is 56.3 Å². The minimum absolute atomic E-state index is 0.211. The number of halogens is 6. The number of carbonyl (C=O) groups is 1. The zero-order chi connectivity index (χ0) is 18.8. The SMILES string of the molecule is CC(=O)Oc1c(C(F)F)nc(C(F)(F)F)c([P+](=O)Cl)c1CC(C)C. The monoisotopic (exact) mass is 392 g/mol. The van der Waals surface area contributed by atoms with Gasteiger partial charge in [0.1, 0.15) is 0 Å². The van der Waals surface area contributed by atoms with Gasteiger partial charge >= 0.3 is 19.3 Å². The van der Waals surface area contributed by atoms with Crippen LogP contribution in [0, 0.1) is 5.92 Å². The van der Waals surface area contributed by atoms with Crippen LogP contribution in [0.15, 0.2) is 0 Å². The van der Waals surface area contributed by atoms with Crippen molar-refractivity contribution in [1.82, 2.24) is 4.98 Å². The van der Waals surface area contributed by atoms with Gasteiger partial charge in [-0.1, -0.05) is 13.8 Å². The van der Waals surface area contributed by atoms with Crippen molar-refractivity contribution in [3.63, 3.8) is 0 Å². The highest BCUT2D eigenvalue weighted by molar-refractivity contribution is 7.80. The quantitative estimate of drug-likeness (QED) is 0.411. The van der Waals surface area contributed by atoms with Gasteiger partial charge in [-0.2, -0.15) is 13.2 Å². The highest BCUT2D eigenvalue weighted by Gasteiger charge is 2.47.